The van der Waals surface area contributed by atoms with E-state index in [9.17, 15) is 9.59 Å². The van der Waals surface area contributed by atoms with Gasteiger partial charge < -0.3 is 15.1 Å². The molecule has 26 heavy (non-hydrogen) atoms. The standard InChI is InChI=1S/2C10H11NO2/c1-6-4-5-8(10(12)13)9(11-3)7(6)2;1-3-11(2)9-7-5-4-6-8(9)10(12)13/h4-5H,3H2,1-2H3,(H,12,13);3-7H,1H2,2H3,(H,12,13). The van der Waals surface area contributed by atoms with Crippen LogP contribution in [0.2, 0.25) is 0 Å². The minimum absolute atomic E-state index is 0.207. The Morgan fingerprint density at radius 2 is 1.62 bits per heavy atom. The predicted octanol–water partition coefficient (Wildman–Crippen LogP) is 4.30. The summed E-state index contributed by atoms with van der Waals surface area (Å²) >= 11 is 0. The van der Waals surface area contributed by atoms with Gasteiger partial charge in [-0.15, -0.1) is 0 Å². The van der Waals surface area contributed by atoms with E-state index in [0.29, 0.717) is 11.4 Å². The first-order valence-electron chi connectivity index (χ1n) is 7.72. The Balaban J connectivity index is 0.000000260. The van der Waals surface area contributed by atoms with Crippen molar-refractivity contribution in [1.29, 1.82) is 0 Å². The van der Waals surface area contributed by atoms with Gasteiger partial charge in [-0.2, -0.15) is 0 Å². The normalized spacial score (nSPS) is 9.50. The quantitative estimate of drug-likeness (QED) is 0.781. The van der Waals surface area contributed by atoms with Crippen LogP contribution in [0.3, 0.4) is 0 Å². The van der Waals surface area contributed by atoms with Crippen LogP contribution in [-0.2, 0) is 0 Å². The Bertz CT molecular complexity index is 844. The fraction of sp³-hybridized carbons (Fsp3) is 0.150. The lowest BCUT2D eigenvalue weighted by Gasteiger charge is -2.15. The molecule has 0 spiro atoms. The van der Waals surface area contributed by atoms with E-state index in [1.54, 1.807) is 54.5 Å². The third-order valence-corrected chi connectivity index (χ3v) is 3.88. The van der Waals surface area contributed by atoms with Crippen LogP contribution < -0.4 is 4.90 Å². The third kappa shape index (κ3) is 4.80. The summed E-state index contributed by atoms with van der Waals surface area (Å²) < 4.78 is 0. The zero-order chi connectivity index (χ0) is 19.9. The number of aromatic carboxylic acids is 2. The summed E-state index contributed by atoms with van der Waals surface area (Å²) in [5.74, 6) is -1.89. The highest BCUT2D eigenvalue weighted by atomic mass is 16.4. The van der Waals surface area contributed by atoms with E-state index in [1.807, 2.05) is 13.8 Å². The first-order valence-corrected chi connectivity index (χ1v) is 7.72. The van der Waals surface area contributed by atoms with E-state index in [2.05, 4.69) is 18.3 Å². The van der Waals surface area contributed by atoms with E-state index >= 15 is 0 Å². The molecule has 0 radical (unpaired) electrons. The van der Waals surface area contributed by atoms with E-state index in [1.165, 1.54) is 0 Å². The lowest BCUT2D eigenvalue weighted by atomic mass is 10.0. The Morgan fingerprint density at radius 3 is 2.12 bits per heavy atom. The molecular weight excluding hydrogens is 332 g/mol. The summed E-state index contributed by atoms with van der Waals surface area (Å²) in [6.45, 7) is 10.7. The molecule has 0 amide bonds. The molecular formula is C20H22N2O4. The fourth-order valence-corrected chi connectivity index (χ4v) is 2.24. The van der Waals surface area contributed by atoms with Crippen LogP contribution in [0.5, 0.6) is 0 Å². The highest BCUT2D eigenvalue weighted by Crippen LogP contribution is 2.26. The molecule has 0 unspecified atom stereocenters. The second-order valence-corrected chi connectivity index (χ2v) is 5.48. The molecule has 2 aromatic rings. The second kappa shape index (κ2) is 9.17. The SMILES string of the molecule is C=CN(C)c1ccccc1C(=O)O.C=Nc1c(C(=O)O)ccc(C)c1C. The minimum Gasteiger partial charge on any atom is -0.478 e. The van der Waals surface area contributed by atoms with Gasteiger partial charge >= 0.3 is 11.9 Å². The van der Waals surface area contributed by atoms with E-state index in [0.717, 1.165) is 11.1 Å². The van der Waals surface area contributed by atoms with Gasteiger partial charge in [0.2, 0.25) is 0 Å². The fourth-order valence-electron chi connectivity index (χ4n) is 2.24. The molecule has 136 valence electrons. The number of carbonyl (C=O) groups is 2. The largest absolute Gasteiger partial charge is 0.478 e. The molecule has 6 nitrogen and oxygen atoms in total. The second-order valence-electron chi connectivity index (χ2n) is 5.48. The van der Waals surface area contributed by atoms with Crippen molar-refractivity contribution in [3.05, 3.63) is 71.4 Å². The molecule has 0 aliphatic rings. The van der Waals surface area contributed by atoms with Crippen LogP contribution in [0.1, 0.15) is 31.8 Å². The number of hydrogen-bond donors (Lipinski definition) is 2. The molecule has 0 bridgehead atoms. The molecule has 0 saturated carbocycles. The highest BCUT2D eigenvalue weighted by molar-refractivity contribution is 5.95. The van der Waals surface area contributed by atoms with Gasteiger partial charge in [-0.3, -0.25) is 4.99 Å². The van der Waals surface area contributed by atoms with Crippen molar-refractivity contribution in [2.75, 3.05) is 11.9 Å². The van der Waals surface area contributed by atoms with Crippen LogP contribution in [0.25, 0.3) is 0 Å². The van der Waals surface area contributed by atoms with Gasteiger partial charge in [0.05, 0.1) is 22.5 Å². The van der Waals surface area contributed by atoms with Crippen molar-refractivity contribution in [3.8, 4) is 0 Å². The zero-order valence-corrected chi connectivity index (χ0v) is 15.1. The van der Waals surface area contributed by atoms with Crippen LogP contribution in [-0.4, -0.2) is 35.9 Å². The summed E-state index contributed by atoms with van der Waals surface area (Å²) in [4.78, 5) is 26.9. The maximum absolute atomic E-state index is 10.8. The molecule has 0 saturated heterocycles. The van der Waals surface area contributed by atoms with Crippen LogP contribution in [0, 0.1) is 13.8 Å². The van der Waals surface area contributed by atoms with Crippen molar-refractivity contribution >= 4 is 30.0 Å². The number of anilines is 1. The number of carboxylic acid groups (broad SMARTS) is 2. The van der Waals surface area contributed by atoms with Crippen molar-refractivity contribution in [2.45, 2.75) is 13.8 Å². The summed E-state index contributed by atoms with van der Waals surface area (Å²) in [6, 6.07) is 10.1. The predicted molar refractivity (Wildman–Crippen MR) is 104 cm³/mol. The van der Waals surface area contributed by atoms with Crippen LogP contribution in [0.4, 0.5) is 11.4 Å². The Hall–Kier alpha value is -3.41. The van der Waals surface area contributed by atoms with Gasteiger partial charge in [-0.1, -0.05) is 24.8 Å². The lowest BCUT2D eigenvalue weighted by molar-refractivity contribution is 0.0687. The first-order chi connectivity index (χ1) is 12.2. The van der Waals surface area contributed by atoms with E-state index < -0.39 is 11.9 Å². The van der Waals surface area contributed by atoms with Gasteiger partial charge in [0, 0.05) is 7.05 Å². The average Bonchev–Trinajstić information content (AvgIpc) is 2.63. The molecule has 0 heterocycles. The van der Waals surface area contributed by atoms with Gasteiger partial charge in [0.1, 0.15) is 0 Å². The Kier molecular flexibility index (Phi) is 7.28. The molecule has 0 aromatic heterocycles. The number of benzene rings is 2. The van der Waals surface area contributed by atoms with Crippen molar-refractivity contribution in [2.24, 2.45) is 4.99 Å². The van der Waals surface area contributed by atoms with Crippen LogP contribution >= 0.6 is 0 Å². The molecule has 0 atom stereocenters. The smallest absolute Gasteiger partial charge is 0.337 e. The lowest BCUT2D eigenvalue weighted by Crippen LogP contribution is -2.12. The minimum atomic E-state index is -0.967. The first kappa shape index (κ1) is 20.6. The number of nitrogens with zero attached hydrogens (tertiary/aromatic N) is 2. The molecule has 2 N–H and O–H groups in total. The van der Waals surface area contributed by atoms with E-state index in [-0.39, 0.29) is 11.1 Å². The topological polar surface area (TPSA) is 90.2 Å². The summed E-state index contributed by atoms with van der Waals surface area (Å²) in [7, 11) is 1.76. The number of carboxylic acids is 2. The van der Waals surface area contributed by atoms with Gasteiger partial charge in [0.25, 0.3) is 0 Å². The third-order valence-electron chi connectivity index (χ3n) is 3.88. The van der Waals surface area contributed by atoms with E-state index in [4.69, 9.17) is 10.2 Å². The number of aryl methyl sites for hydroxylation is 1. The summed E-state index contributed by atoms with van der Waals surface area (Å²) in [6.07, 6.45) is 1.57. The molecule has 6 heteroatoms. The summed E-state index contributed by atoms with van der Waals surface area (Å²) in [5.41, 5.74) is 3.49. The maximum Gasteiger partial charge on any atom is 0.337 e. The average molecular weight is 354 g/mol. The summed E-state index contributed by atoms with van der Waals surface area (Å²) in [5, 5.41) is 17.7. The van der Waals surface area contributed by atoms with Gasteiger partial charge in [-0.05, 0) is 56.1 Å². The Labute approximate surface area is 152 Å². The highest BCUT2D eigenvalue weighted by Gasteiger charge is 2.12. The number of rotatable bonds is 5. The monoisotopic (exact) mass is 354 g/mol. The van der Waals surface area contributed by atoms with Crippen LogP contribution in [0.15, 0.2) is 54.2 Å². The van der Waals surface area contributed by atoms with Gasteiger partial charge in [-0.25, -0.2) is 9.59 Å². The van der Waals surface area contributed by atoms with Crippen molar-refractivity contribution in [1.82, 2.24) is 0 Å². The van der Waals surface area contributed by atoms with Crippen molar-refractivity contribution in [3.63, 3.8) is 0 Å². The molecule has 0 aliphatic heterocycles. The molecule has 2 aromatic carbocycles. The number of aliphatic imine (C=N–C) groups is 1. The maximum atomic E-state index is 10.8. The molecule has 0 aliphatic carbocycles. The molecule has 2 rings (SSSR count). The zero-order valence-electron chi connectivity index (χ0n) is 15.1. The van der Waals surface area contributed by atoms with Crippen molar-refractivity contribution < 1.29 is 19.8 Å². The Morgan fingerprint density at radius 1 is 1.04 bits per heavy atom. The number of para-hydroxylation sites is 1. The number of hydrogen-bond acceptors (Lipinski definition) is 4. The molecule has 0 fully saturated rings. The van der Waals surface area contributed by atoms with Gasteiger partial charge in [0.15, 0.2) is 0 Å².